The monoisotopic (exact) mass is 281 g/mol. The van der Waals surface area contributed by atoms with E-state index in [1.54, 1.807) is 0 Å². The summed E-state index contributed by atoms with van der Waals surface area (Å²) in [4.78, 5) is 0. The molecule has 1 N–H and O–H groups in total. The first-order valence-corrected chi connectivity index (χ1v) is 6.55. The number of hydrogen-bond acceptors (Lipinski definition) is 5. The van der Waals surface area contributed by atoms with Crippen LogP contribution in [0.2, 0.25) is 0 Å². The maximum absolute atomic E-state index is 12.3. The molecule has 0 unspecified atom stereocenters. The summed E-state index contributed by atoms with van der Waals surface area (Å²) in [5, 5.41) is 8.82. The summed E-state index contributed by atoms with van der Waals surface area (Å²) in [6.45, 7) is 2.67. The Hall–Kier alpha value is -0.890. The van der Waals surface area contributed by atoms with Gasteiger partial charge in [0.1, 0.15) is 0 Å². The maximum Gasteiger partial charge on any atom is 0.445 e. The van der Waals surface area contributed by atoms with Gasteiger partial charge >= 0.3 is 6.18 Å². The van der Waals surface area contributed by atoms with Crippen LogP contribution in [0.1, 0.15) is 31.2 Å². The Bertz CT molecular complexity index is 390. The zero-order valence-electron chi connectivity index (χ0n) is 9.83. The Morgan fingerprint density at radius 3 is 2.83 bits per heavy atom. The number of rotatable bonds is 4. The van der Waals surface area contributed by atoms with Crippen molar-refractivity contribution in [1.82, 2.24) is 10.2 Å². The summed E-state index contributed by atoms with van der Waals surface area (Å²) in [6, 6.07) is 0.0159. The fourth-order valence-corrected chi connectivity index (χ4v) is 2.61. The molecule has 1 aliphatic rings. The van der Waals surface area contributed by atoms with Crippen LogP contribution < -0.4 is 5.32 Å². The van der Waals surface area contributed by atoms with Gasteiger partial charge in [-0.05, 0) is 26.2 Å². The van der Waals surface area contributed by atoms with Crippen LogP contribution in [0, 0.1) is 0 Å². The number of halogens is 3. The second-order valence-corrected chi connectivity index (χ2v) is 5.30. The molecule has 1 aliphatic heterocycles. The van der Waals surface area contributed by atoms with Crippen molar-refractivity contribution in [2.45, 2.75) is 44.5 Å². The SMILES string of the molecule is C[C@@H](C[C@H]1CCCO1)Nc1nnc(C(F)(F)F)s1. The van der Waals surface area contributed by atoms with E-state index < -0.39 is 11.2 Å². The number of alkyl halides is 3. The second-order valence-electron chi connectivity index (χ2n) is 4.33. The minimum absolute atomic E-state index is 0.0159. The number of ether oxygens (including phenoxy) is 1. The Morgan fingerprint density at radius 1 is 1.50 bits per heavy atom. The van der Waals surface area contributed by atoms with Gasteiger partial charge in [0.05, 0.1) is 6.10 Å². The van der Waals surface area contributed by atoms with Gasteiger partial charge in [0, 0.05) is 12.6 Å². The molecule has 1 fully saturated rings. The minimum Gasteiger partial charge on any atom is -0.378 e. The molecule has 102 valence electrons. The highest BCUT2D eigenvalue weighted by atomic mass is 32.1. The van der Waals surface area contributed by atoms with Crippen LogP contribution in [0.4, 0.5) is 18.3 Å². The van der Waals surface area contributed by atoms with Gasteiger partial charge in [-0.15, -0.1) is 10.2 Å². The van der Waals surface area contributed by atoms with E-state index in [9.17, 15) is 13.2 Å². The molecule has 0 saturated carbocycles. The van der Waals surface area contributed by atoms with Crippen LogP contribution in [0.3, 0.4) is 0 Å². The van der Waals surface area contributed by atoms with Crippen molar-refractivity contribution in [3.05, 3.63) is 5.01 Å². The van der Waals surface area contributed by atoms with E-state index in [-0.39, 0.29) is 17.3 Å². The lowest BCUT2D eigenvalue weighted by Gasteiger charge is -2.16. The highest BCUT2D eigenvalue weighted by Crippen LogP contribution is 2.33. The predicted molar refractivity (Wildman–Crippen MR) is 61.6 cm³/mol. The topological polar surface area (TPSA) is 47.0 Å². The lowest BCUT2D eigenvalue weighted by molar-refractivity contribution is -0.138. The Morgan fingerprint density at radius 2 is 2.28 bits per heavy atom. The van der Waals surface area contributed by atoms with Gasteiger partial charge in [-0.1, -0.05) is 11.3 Å². The maximum atomic E-state index is 12.3. The number of hydrogen-bond donors (Lipinski definition) is 1. The molecule has 1 aromatic rings. The van der Waals surface area contributed by atoms with E-state index in [2.05, 4.69) is 15.5 Å². The minimum atomic E-state index is -4.42. The van der Waals surface area contributed by atoms with Crippen molar-refractivity contribution in [1.29, 1.82) is 0 Å². The smallest absolute Gasteiger partial charge is 0.378 e. The molecular weight excluding hydrogens is 267 g/mol. The Labute approximate surface area is 107 Å². The number of anilines is 1. The molecule has 18 heavy (non-hydrogen) atoms. The van der Waals surface area contributed by atoms with Gasteiger partial charge in [-0.2, -0.15) is 13.2 Å². The van der Waals surface area contributed by atoms with E-state index in [4.69, 9.17) is 4.74 Å². The number of nitrogens with one attached hydrogen (secondary N) is 1. The molecular formula is C10H14F3N3OS. The van der Waals surface area contributed by atoms with E-state index in [0.717, 1.165) is 25.9 Å². The average Bonchev–Trinajstić information content (AvgIpc) is 2.87. The van der Waals surface area contributed by atoms with Gasteiger partial charge in [-0.25, -0.2) is 0 Å². The van der Waals surface area contributed by atoms with Crippen molar-refractivity contribution in [3.63, 3.8) is 0 Å². The van der Waals surface area contributed by atoms with E-state index >= 15 is 0 Å². The molecule has 1 aromatic heterocycles. The summed E-state index contributed by atoms with van der Waals surface area (Å²) in [5.41, 5.74) is 0. The van der Waals surface area contributed by atoms with Gasteiger partial charge in [0.2, 0.25) is 10.1 Å². The van der Waals surface area contributed by atoms with Gasteiger partial charge in [0.15, 0.2) is 0 Å². The molecule has 0 bridgehead atoms. The van der Waals surface area contributed by atoms with Crippen LogP contribution in [0.5, 0.6) is 0 Å². The number of aromatic nitrogens is 2. The molecule has 4 nitrogen and oxygen atoms in total. The van der Waals surface area contributed by atoms with Crippen LogP contribution in [-0.4, -0.2) is 29.0 Å². The fraction of sp³-hybridized carbons (Fsp3) is 0.800. The standard InChI is InChI=1S/C10H14F3N3OS/c1-6(5-7-3-2-4-17-7)14-9-16-15-8(18-9)10(11,12)13/h6-7H,2-5H2,1H3,(H,14,16)/t6-,7+/m0/s1. The molecule has 2 rings (SSSR count). The largest absolute Gasteiger partial charge is 0.445 e. The van der Waals surface area contributed by atoms with E-state index in [1.165, 1.54) is 0 Å². The van der Waals surface area contributed by atoms with Crippen molar-refractivity contribution < 1.29 is 17.9 Å². The molecule has 0 amide bonds. The highest BCUT2D eigenvalue weighted by molar-refractivity contribution is 7.15. The summed E-state index contributed by atoms with van der Waals surface area (Å²) >= 11 is 0.527. The van der Waals surface area contributed by atoms with Crippen LogP contribution in [-0.2, 0) is 10.9 Å². The third-order valence-electron chi connectivity index (χ3n) is 2.68. The average molecular weight is 281 g/mol. The summed E-state index contributed by atoms with van der Waals surface area (Å²) in [7, 11) is 0. The van der Waals surface area contributed by atoms with Crippen molar-refractivity contribution in [3.8, 4) is 0 Å². The summed E-state index contributed by atoms with van der Waals surface area (Å²) in [5.74, 6) is 0. The lowest BCUT2D eigenvalue weighted by atomic mass is 10.1. The predicted octanol–water partition coefficient (Wildman–Crippen LogP) is 2.93. The first kappa shape index (κ1) is 13.5. The molecule has 0 radical (unpaired) electrons. The Balaban J connectivity index is 1.86. The fourth-order valence-electron chi connectivity index (χ4n) is 1.89. The zero-order valence-corrected chi connectivity index (χ0v) is 10.6. The van der Waals surface area contributed by atoms with Crippen LogP contribution >= 0.6 is 11.3 Å². The summed E-state index contributed by atoms with van der Waals surface area (Å²) < 4.78 is 42.4. The van der Waals surface area contributed by atoms with Crippen LogP contribution in [0.25, 0.3) is 0 Å². The molecule has 0 aromatic carbocycles. The van der Waals surface area contributed by atoms with Gasteiger partial charge in [0.25, 0.3) is 0 Å². The van der Waals surface area contributed by atoms with E-state index in [1.807, 2.05) is 6.92 Å². The molecule has 0 spiro atoms. The molecule has 2 atom stereocenters. The van der Waals surface area contributed by atoms with Crippen molar-refractivity contribution >= 4 is 16.5 Å². The third-order valence-corrected chi connectivity index (χ3v) is 3.58. The first-order valence-electron chi connectivity index (χ1n) is 5.74. The molecule has 1 saturated heterocycles. The quantitative estimate of drug-likeness (QED) is 0.921. The second kappa shape index (κ2) is 5.40. The molecule has 0 aliphatic carbocycles. The normalized spacial score (nSPS) is 22.1. The van der Waals surface area contributed by atoms with Gasteiger partial charge in [-0.3, -0.25) is 0 Å². The van der Waals surface area contributed by atoms with E-state index in [0.29, 0.717) is 11.3 Å². The van der Waals surface area contributed by atoms with Crippen molar-refractivity contribution in [2.24, 2.45) is 0 Å². The molecule has 2 heterocycles. The zero-order chi connectivity index (χ0) is 13.2. The third kappa shape index (κ3) is 3.55. The number of nitrogens with zero attached hydrogens (tertiary/aromatic N) is 2. The highest BCUT2D eigenvalue weighted by Gasteiger charge is 2.35. The van der Waals surface area contributed by atoms with Crippen molar-refractivity contribution in [2.75, 3.05) is 11.9 Å². The molecule has 8 heteroatoms. The van der Waals surface area contributed by atoms with Gasteiger partial charge < -0.3 is 10.1 Å². The first-order chi connectivity index (χ1) is 8.45. The Kier molecular flexibility index (Phi) is 4.06. The van der Waals surface area contributed by atoms with Crippen LogP contribution in [0.15, 0.2) is 0 Å². The summed E-state index contributed by atoms with van der Waals surface area (Å²) in [6.07, 6.45) is -1.40. The lowest BCUT2D eigenvalue weighted by Crippen LogP contribution is -2.21.